The Morgan fingerprint density at radius 3 is 1.85 bits per heavy atom. The third kappa shape index (κ3) is 2.69. The van der Waals surface area contributed by atoms with E-state index < -0.39 is 0 Å². The van der Waals surface area contributed by atoms with Crippen LogP contribution in [0.3, 0.4) is 0 Å². The van der Waals surface area contributed by atoms with Gasteiger partial charge < -0.3 is 0 Å². The van der Waals surface area contributed by atoms with Gasteiger partial charge in [-0.2, -0.15) is 0 Å². The van der Waals surface area contributed by atoms with Crippen LogP contribution in [0.15, 0.2) is 64.6 Å². The lowest BCUT2D eigenvalue weighted by Crippen LogP contribution is -2.17. The molecule has 0 unspecified atom stereocenters. The van der Waals surface area contributed by atoms with E-state index in [1.54, 1.807) is 0 Å². The monoisotopic (exact) mass is 262 g/mol. The van der Waals surface area contributed by atoms with Crippen LogP contribution in [0.5, 0.6) is 0 Å². The fourth-order valence-electron chi connectivity index (χ4n) is 2.37. The molecule has 0 saturated carbocycles. The lowest BCUT2D eigenvalue weighted by Gasteiger charge is -2.10. The molecule has 1 aliphatic rings. The van der Waals surface area contributed by atoms with Crippen molar-refractivity contribution in [1.29, 1.82) is 0 Å². The van der Waals surface area contributed by atoms with Gasteiger partial charge in [0, 0.05) is 24.2 Å². The molecule has 0 aliphatic carbocycles. The highest BCUT2D eigenvalue weighted by molar-refractivity contribution is 6.53. The summed E-state index contributed by atoms with van der Waals surface area (Å²) in [7, 11) is 0. The molecular formula is C18H18N2. The Labute approximate surface area is 119 Å². The maximum atomic E-state index is 4.77. The molecule has 0 amide bonds. The summed E-state index contributed by atoms with van der Waals surface area (Å²) in [5.74, 6) is 0. The van der Waals surface area contributed by atoms with Crippen LogP contribution in [0, 0.1) is 6.92 Å². The Balaban J connectivity index is 2.06. The highest BCUT2D eigenvalue weighted by atomic mass is 14.8. The molecule has 2 heteroatoms. The van der Waals surface area contributed by atoms with Gasteiger partial charge in [0.05, 0.1) is 11.4 Å². The predicted octanol–water partition coefficient (Wildman–Crippen LogP) is 3.68. The van der Waals surface area contributed by atoms with Crippen LogP contribution in [0.25, 0.3) is 0 Å². The zero-order valence-corrected chi connectivity index (χ0v) is 11.7. The second kappa shape index (κ2) is 5.83. The van der Waals surface area contributed by atoms with Gasteiger partial charge in [0.2, 0.25) is 0 Å². The molecule has 2 aromatic rings. The van der Waals surface area contributed by atoms with Crippen molar-refractivity contribution < 1.29 is 0 Å². The van der Waals surface area contributed by atoms with Crippen molar-refractivity contribution in [3.05, 3.63) is 71.3 Å². The molecule has 0 aromatic heterocycles. The summed E-state index contributed by atoms with van der Waals surface area (Å²) in [6, 6.07) is 18.9. The van der Waals surface area contributed by atoms with Gasteiger partial charge in [-0.1, -0.05) is 60.2 Å². The van der Waals surface area contributed by atoms with E-state index in [0.717, 1.165) is 42.1 Å². The summed E-state index contributed by atoms with van der Waals surface area (Å²) >= 11 is 0. The summed E-state index contributed by atoms with van der Waals surface area (Å²) in [5.41, 5.74) is 5.61. The smallest absolute Gasteiger partial charge is 0.0904 e. The fourth-order valence-corrected chi connectivity index (χ4v) is 2.37. The molecule has 1 heterocycles. The highest BCUT2D eigenvalue weighted by Gasteiger charge is 2.15. The van der Waals surface area contributed by atoms with Crippen LogP contribution in [0.2, 0.25) is 0 Å². The molecule has 0 saturated heterocycles. The minimum atomic E-state index is 0.850. The average Bonchev–Trinajstić information content (AvgIpc) is 2.75. The summed E-state index contributed by atoms with van der Waals surface area (Å²) in [6.45, 7) is 3.80. The molecule has 0 atom stereocenters. The minimum Gasteiger partial charge on any atom is -0.282 e. The molecule has 0 bridgehead atoms. The molecule has 0 N–H and O–H groups in total. The SMILES string of the molecule is Cc1ccc(C2=NCCCN=C2c2ccccc2)cc1. The van der Waals surface area contributed by atoms with Gasteiger partial charge in [-0.3, -0.25) is 9.98 Å². The Bertz CT molecular complexity index is 637. The molecule has 2 aromatic carbocycles. The zero-order chi connectivity index (χ0) is 13.8. The largest absolute Gasteiger partial charge is 0.282 e. The molecule has 1 aliphatic heterocycles. The van der Waals surface area contributed by atoms with Crippen LogP contribution >= 0.6 is 0 Å². The molecule has 0 fully saturated rings. The number of hydrogen-bond acceptors (Lipinski definition) is 2. The van der Waals surface area contributed by atoms with E-state index in [0.29, 0.717) is 0 Å². The summed E-state index contributed by atoms with van der Waals surface area (Å²) in [4.78, 5) is 9.53. The van der Waals surface area contributed by atoms with Crippen molar-refractivity contribution in [3.8, 4) is 0 Å². The Morgan fingerprint density at radius 1 is 0.700 bits per heavy atom. The molecule has 100 valence electrons. The third-order valence-corrected chi connectivity index (χ3v) is 3.45. The van der Waals surface area contributed by atoms with Gasteiger partial charge in [-0.25, -0.2) is 0 Å². The van der Waals surface area contributed by atoms with Crippen molar-refractivity contribution in [2.24, 2.45) is 9.98 Å². The maximum Gasteiger partial charge on any atom is 0.0904 e. The molecule has 2 nitrogen and oxygen atoms in total. The lowest BCUT2D eigenvalue weighted by molar-refractivity contribution is 0.857. The van der Waals surface area contributed by atoms with Crippen LogP contribution in [-0.2, 0) is 0 Å². The molecular weight excluding hydrogens is 244 g/mol. The lowest BCUT2D eigenvalue weighted by atomic mass is 9.99. The van der Waals surface area contributed by atoms with E-state index in [9.17, 15) is 0 Å². The van der Waals surface area contributed by atoms with Crippen molar-refractivity contribution in [3.63, 3.8) is 0 Å². The average molecular weight is 262 g/mol. The number of hydrogen-bond donors (Lipinski definition) is 0. The second-order valence-electron chi connectivity index (χ2n) is 5.05. The number of aliphatic imine (C=N–C) groups is 2. The quantitative estimate of drug-likeness (QED) is 0.789. The van der Waals surface area contributed by atoms with E-state index in [1.165, 1.54) is 5.56 Å². The molecule has 20 heavy (non-hydrogen) atoms. The first-order valence-electron chi connectivity index (χ1n) is 7.06. The Hall–Kier alpha value is -2.22. The van der Waals surface area contributed by atoms with E-state index in [-0.39, 0.29) is 0 Å². The molecule has 0 spiro atoms. The van der Waals surface area contributed by atoms with Crippen LogP contribution in [0.1, 0.15) is 23.1 Å². The van der Waals surface area contributed by atoms with Crippen LogP contribution in [-0.4, -0.2) is 24.5 Å². The van der Waals surface area contributed by atoms with Gasteiger partial charge in [0.1, 0.15) is 0 Å². The standard InChI is InChI=1S/C18H18N2/c1-14-8-10-16(11-9-14)18-17(19-12-5-13-20-18)15-6-3-2-4-7-15/h2-4,6-11H,5,12-13H2,1H3. The predicted molar refractivity (Wildman–Crippen MR) is 85.0 cm³/mol. The van der Waals surface area contributed by atoms with Gasteiger partial charge in [-0.05, 0) is 13.3 Å². The maximum absolute atomic E-state index is 4.77. The number of benzene rings is 2. The van der Waals surface area contributed by atoms with Crippen molar-refractivity contribution in [1.82, 2.24) is 0 Å². The van der Waals surface area contributed by atoms with E-state index >= 15 is 0 Å². The van der Waals surface area contributed by atoms with Crippen LogP contribution in [0.4, 0.5) is 0 Å². The van der Waals surface area contributed by atoms with Crippen molar-refractivity contribution in [2.45, 2.75) is 13.3 Å². The topological polar surface area (TPSA) is 24.7 Å². The van der Waals surface area contributed by atoms with E-state index in [4.69, 9.17) is 9.98 Å². The second-order valence-corrected chi connectivity index (χ2v) is 5.05. The minimum absolute atomic E-state index is 0.850. The van der Waals surface area contributed by atoms with Gasteiger partial charge >= 0.3 is 0 Å². The first kappa shape index (κ1) is 12.8. The van der Waals surface area contributed by atoms with Gasteiger partial charge in [0.25, 0.3) is 0 Å². The summed E-state index contributed by atoms with van der Waals surface area (Å²) < 4.78 is 0. The van der Waals surface area contributed by atoms with Crippen molar-refractivity contribution >= 4 is 11.4 Å². The fraction of sp³-hybridized carbons (Fsp3) is 0.222. The Kier molecular flexibility index (Phi) is 3.73. The molecule has 0 radical (unpaired) electrons. The summed E-state index contributed by atoms with van der Waals surface area (Å²) in [6.07, 6.45) is 1.02. The number of nitrogens with zero attached hydrogens (tertiary/aromatic N) is 2. The van der Waals surface area contributed by atoms with E-state index in [2.05, 4.69) is 55.5 Å². The normalized spacial score (nSPS) is 15.2. The van der Waals surface area contributed by atoms with Crippen LogP contribution < -0.4 is 0 Å². The molecule has 3 rings (SSSR count). The number of rotatable bonds is 2. The first-order chi connectivity index (χ1) is 9.84. The van der Waals surface area contributed by atoms with Crippen molar-refractivity contribution in [2.75, 3.05) is 13.1 Å². The van der Waals surface area contributed by atoms with E-state index in [1.807, 2.05) is 6.07 Å². The third-order valence-electron chi connectivity index (χ3n) is 3.45. The summed E-state index contributed by atoms with van der Waals surface area (Å²) in [5, 5.41) is 0. The van der Waals surface area contributed by atoms with Gasteiger partial charge in [0.15, 0.2) is 0 Å². The first-order valence-corrected chi connectivity index (χ1v) is 7.06. The van der Waals surface area contributed by atoms with Gasteiger partial charge in [-0.15, -0.1) is 0 Å². The number of aryl methyl sites for hydroxylation is 1. The Morgan fingerprint density at radius 2 is 1.25 bits per heavy atom. The highest BCUT2D eigenvalue weighted by Crippen LogP contribution is 2.14. The zero-order valence-electron chi connectivity index (χ0n) is 11.7.